The number of rotatable bonds is 5. The summed E-state index contributed by atoms with van der Waals surface area (Å²) in [5, 5.41) is 0. The third-order valence-electron chi connectivity index (χ3n) is 4.26. The predicted molar refractivity (Wildman–Crippen MR) is 93.6 cm³/mol. The first-order valence-corrected chi connectivity index (χ1v) is 8.66. The summed E-state index contributed by atoms with van der Waals surface area (Å²) < 4.78 is 27.5. The molecule has 2 heterocycles. The van der Waals surface area contributed by atoms with Gasteiger partial charge in [-0.1, -0.05) is 24.0 Å². The molecule has 3 rings (SSSR count). The van der Waals surface area contributed by atoms with E-state index in [1.54, 1.807) is 21.0 Å². The zero-order valence-corrected chi connectivity index (χ0v) is 15.3. The predicted octanol–water partition coefficient (Wildman–Crippen LogP) is 2.09. The zero-order chi connectivity index (χ0) is 18.6. The number of fused-ring (bicyclic) bond motifs is 1. The van der Waals surface area contributed by atoms with E-state index in [0.29, 0.717) is 26.2 Å². The topological polar surface area (TPSA) is 63.2 Å². The minimum absolute atomic E-state index is 0.0970. The molecule has 6 heteroatoms. The maximum Gasteiger partial charge on any atom is 0.194 e. The van der Waals surface area contributed by atoms with Gasteiger partial charge < -0.3 is 23.7 Å². The molecule has 0 amide bonds. The van der Waals surface area contributed by atoms with Gasteiger partial charge in [-0.05, 0) is 31.5 Å². The van der Waals surface area contributed by atoms with Crippen LogP contribution in [0.3, 0.4) is 0 Å². The van der Waals surface area contributed by atoms with Crippen molar-refractivity contribution in [2.24, 2.45) is 0 Å². The van der Waals surface area contributed by atoms with Crippen molar-refractivity contribution in [3.05, 3.63) is 29.8 Å². The fraction of sp³-hybridized carbons (Fsp3) is 0.550. The van der Waals surface area contributed by atoms with Gasteiger partial charge in [0.05, 0.1) is 20.3 Å². The second kappa shape index (κ2) is 8.19. The molecule has 0 aromatic heterocycles. The lowest BCUT2D eigenvalue weighted by atomic mass is 10.00. The molecule has 3 atom stereocenters. The molecule has 0 bridgehead atoms. The third-order valence-corrected chi connectivity index (χ3v) is 4.26. The number of benzene rings is 1. The highest BCUT2D eigenvalue weighted by molar-refractivity contribution is 5.89. The summed E-state index contributed by atoms with van der Waals surface area (Å²) >= 11 is 0. The van der Waals surface area contributed by atoms with Crippen molar-refractivity contribution >= 4 is 5.78 Å². The molecule has 0 unspecified atom stereocenters. The van der Waals surface area contributed by atoms with E-state index in [4.69, 9.17) is 23.7 Å². The van der Waals surface area contributed by atoms with E-state index in [1.165, 1.54) is 0 Å². The molecule has 0 saturated carbocycles. The highest BCUT2D eigenvalue weighted by Gasteiger charge is 2.50. The third kappa shape index (κ3) is 4.63. The van der Waals surface area contributed by atoms with Gasteiger partial charge >= 0.3 is 0 Å². The quantitative estimate of drug-likeness (QED) is 0.592. The minimum atomic E-state index is -0.746. The Morgan fingerprint density at radius 2 is 1.96 bits per heavy atom. The summed E-state index contributed by atoms with van der Waals surface area (Å²) in [4.78, 5) is 12.4. The lowest BCUT2D eigenvalue weighted by Crippen LogP contribution is -2.48. The molecule has 0 aliphatic carbocycles. The van der Waals surface area contributed by atoms with Gasteiger partial charge in [0.15, 0.2) is 17.7 Å². The Balaban J connectivity index is 1.40. The molecule has 1 aromatic carbocycles. The average molecular weight is 360 g/mol. The van der Waals surface area contributed by atoms with Crippen molar-refractivity contribution in [1.29, 1.82) is 0 Å². The van der Waals surface area contributed by atoms with E-state index in [9.17, 15) is 4.79 Å². The largest absolute Gasteiger partial charge is 0.497 e. The number of Topliss-reactive ketones (excluding diaryl/α,β-unsaturated/α-hetero) is 1. The van der Waals surface area contributed by atoms with Crippen molar-refractivity contribution in [2.75, 3.05) is 20.3 Å². The Hall–Kier alpha value is -1.91. The fourth-order valence-corrected chi connectivity index (χ4v) is 2.99. The summed E-state index contributed by atoms with van der Waals surface area (Å²) in [7, 11) is 1.63. The second-order valence-corrected chi connectivity index (χ2v) is 6.72. The van der Waals surface area contributed by atoms with E-state index in [2.05, 4.69) is 11.8 Å². The standard InChI is InChI=1S/C20H24O6/c1-20(2)25-17-13-24-16(18(21)19(17)26-20)6-4-5-11-23-12-14-7-9-15(22-3)10-8-14/h7-10,16-17,19H,6,11-13H2,1-3H3/t16-,17-,19-/m1/s1. The Bertz CT molecular complexity index is 684. The van der Waals surface area contributed by atoms with Gasteiger partial charge in [-0.25, -0.2) is 0 Å². The van der Waals surface area contributed by atoms with E-state index >= 15 is 0 Å². The summed E-state index contributed by atoms with van der Waals surface area (Å²) in [5.41, 5.74) is 1.05. The Morgan fingerprint density at radius 3 is 2.69 bits per heavy atom. The molecule has 2 saturated heterocycles. The number of carbonyl (C=O) groups is 1. The SMILES string of the molecule is COc1ccc(COCC#CC[C@H]2OC[C@H]3OC(C)(C)O[C@H]3C2=O)cc1. The van der Waals surface area contributed by atoms with Crippen LogP contribution in [0.4, 0.5) is 0 Å². The lowest BCUT2D eigenvalue weighted by Gasteiger charge is -2.27. The number of ketones is 1. The molecule has 0 N–H and O–H groups in total. The first kappa shape index (κ1) is 18.9. The van der Waals surface area contributed by atoms with Crippen LogP contribution in [0.2, 0.25) is 0 Å². The first-order chi connectivity index (χ1) is 12.5. The van der Waals surface area contributed by atoms with Gasteiger partial charge in [0.2, 0.25) is 0 Å². The normalized spacial score (nSPS) is 26.7. The van der Waals surface area contributed by atoms with Crippen LogP contribution in [0.25, 0.3) is 0 Å². The number of carbonyl (C=O) groups excluding carboxylic acids is 1. The average Bonchev–Trinajstić information content (AvgIpc) is 2.95. The summed E-state index contributed by atoms with van der Waals surface area (Å²) in [5.74, 6) is 5.84. The van der Waals surface area contributed by atoms with E-state index in [1.807, 2.05) is 24.3 Å². The Labute approximate surface area is 153 Å². The number of methoxy groups -OCH3 is 1. The second-order valence-electron chi connectivity index (χ2n) is 6.72. The van der Waals surface area contributed by atoms with Crippen LogP contribution in [-0.4, -0.2) is 50.2 Å². The van der Waals surface area contributed by atoms with Crippen molar-refractivity contribution in [3.8, 4) is 17.6 Å². The molecule has 140 valence electrons. The fourth-order valence-electron chi connectivity index (χ4n) is 2.99. The van der Waals surface area contributed by atoms with Gasteiger partial charge in [0, 0.05) is 6.42 Å². The molecular weight excluding hydrogens is 336 g/mol. The molecule has 2 aliphatic heterocycles. The van der Waals surface area contributed by atoms with Crippen molar-refractivity contribution in [2.45, 2.75) is 51.0 Å². The van der Waals surface area contributed by atoms with Crippen molar-refractivity contribution < 1.29 is 28.5 Å². The van der Waals surface area contributed by atoms with Crippen molar-refractivity contribution in [1.82, 2.24) is 0 Å². The first-order valence-electron chi connectivity index (χ1n) is 8.66. The van der Waals surface area contributed by atoms with Gasteiger partial charge in [0.25, 0.3) is 0 Å². The molecular formula is C20H24O6. The minimum Gasteiger partial charge on any atom is -0.497 e. The van der Waals surface area contributed by atoms with Gasteiger partial charge in [0.1, 0.15) is 24.6 Å². The van der Waals surface area contributed by atoms with Crippen LogP contribution in [-0.2, 0) is 30.3 Å². The molecule has 2 aliphatic rings. The van der Waals surface area contributed by atoms with E-state index in [0.717, 1.165) is 11.3 Å². The summed E-state index contributed by atoms with van der Waals surface area (Å²) in [6.07, 6.45) is -1.12. The zero-order valence-electron chi connectivity index (χ0n) is 15.3. The number of ether oxygens (including phenoxy) is 5. The summed E-state index contributed by atoms with van der Waals surface area (Å²) in [6, 6.07) is 7.67. The number of hydrogen-bond acceptors (Lipinski definition) is 6. The van der Waals surface area contributed by atoms with Gasteiger partial charge in [-0.2, -0.15) is 0 Å². The van der Waals surface area contributed by atoms with Gasteiger partial charge in [-0.3, -0.25) is 4.79 Å². The van der Waals surface area contributed by atoms with Crippen molar-refractivity contribution in [3.63, 3.8) is 0 Å². The molecule has 0 spiro atoms. The van der Waals surface area contributed by atoms with Crippen LogP contribution in [0.5, 0.6) is 5.75 Å². The van der Waals surface area contributed by atoms with E-state index < -0.39 is 18.0 Å². The molecule has 1 aromatic rings. The molecule has 6 nitrogen and oxygen atoms in total. The van der Waals surface area contributed by atoms with Crippen LogP contribution in [0.1, 0.15) is 25.8 Å². The molecule has 0 radical (unpaired) electrons. The van der Waals surface area contributed by atoms with Crippen LogP contribution in [0.15, 0.2) is 24.3 Å². The van der Waals surface area contributed by atoms with Gasteiger partial charge in [-0.15, -0.1) is 0 Å². The smallest absolute Gasteiger partial charge is 0.194 e. The van der Waals surface area contributed by atoms with E-state index in [-0.39, 0.29) is 11.9 Å². The van der Waals surface area contributed by atoms with Crippen LogP contribution < -0.4 is 4.74 Å². The highest BCUT2D eigenvalue weighted by Crippen LogP contribution is 2.32. The maximum absolute atomic E-state index is 12.4. The molecule has 2 fully saturated rings. The number of hydrogen-bond donors (Lipinski definition) is 0. The Kier molecular flexibility index (Phi) is 5.94. The summed E-state index contributed by atoms with van der Waals surface area (Å²) in [6.45, 7) is 4.72. The lowest BCUT2D eigenvalue weighted by molar-refractivity contribution is -0.155. The Morgan fingerprint density at radius 1 is 1.19 bits per heavy atom. The van der Waals surface area contributed by atoms with Crippen LogP contribution in [0, 0.1) is 11.8 Å². The molecule has 26 heavy (non-hydrogen) atoms. The maximum atomic E-state index is 12.4. The van der Waals surface area contributed by atoms with Crippen LogP contribution >= 0.6 is 0 Å². The monoisotopic (exact) mass is 360 g/mol. The highest BCUT2D eigenvalue weighted by atomic mass is 16.8.